The molecule has 12 heteroatoms. The molecule has 2 N–H and O–H groups in total. The van der Waals surface area contributed by atoms with Crippen LogP contribution in [0, 0.1) is 20.2 Å². The molecule has 0 saturated heterocycles. The van der Waals surface area contributed by atoms with Gasteiger partial charge in [0, 0.05) is 13.1 Å². The lowest BCUT2D eigenvalue weighted by atomic mass is 10.1. The van der Waals surface area contributed by atoms with Crippen molar-refractivity contribution in [3.8, 4) is 0 Å². The third kappa shape index (κ3) is 6.75. The van der Waals surface area contributed by atoms with Crippen molar-refractivity contribution >= 4 is 23.6 Å². The molecule has 0 fully saturated rings. The number of carbonyl (C=O) groups is 2. The number of rotatable bonds is 12. The first-order valence-corrected chi connectivity index (χ1v) is 8.93. The van der Waals surface area contributed by atoms with Crippen molar-refractivity contribution < 1.29 is 28.3 Å². The molecule has 12 nitrogen and oxygen atoms in total. The Morgan fingerprint density at radius 3 is 1.45 bits per heavy atom. The van der Waals surface area contributed by atoms with Crippen LogP contribution in [0.4, 0.5) is 11.8 Å². The summed E-state index contributed by atoms with van der Waals surface area (Å²) in [5.74, 6) is -2.17. The van der Waals surface area contributed by atoms with E-state index in [1.54, 1.807) is 0 Å². The molecule has 0 atom stereocenters. The van der Waals surface area contributed by atoms with Gasteiger partial charge in [-0.25, -0.2) is 0 Å². The van der Waals surface area contributed by atoms with E-state index < -0.39 is 33.4 Å². The summed E-state index contributed by atoms with van der Waals surface area (Å²) in [7, 11) is 0. The third-order valence-corrected chi connectivity index (χ3v) is 3.92. The Balaban J connectivity index is 1.50. The van der Waals surface area contributed by atoms with E-state index in [-0.39, 0.29) is 11.5 Å². The molecule has 156 valence electrons. The van der Waals surface area contributed by atoms with Gasteiger partial charge in [0.05, 0.1) is 12.1 Å². The molecule has 2 rings (SSSR count). The second kappa shape index (κ2) is 10.6. The van der Waals surface area contributed by atoms with E-state index in [2.05, 4.69) is 10.6 Å². The van der Waals surface area contributed by atoms with Crippen LogP contribution in [0.25, 0.3) is 0 Å². The van der Waals surface area contributed by atoms with Gasteiger partial charge >= 0.3 is 11.8 Å². The lowest BCUT2D eigenvalue weighted by molar-refractivity contribution is -0.402. The van der Waals surface area contributed by atoms with Gasteiger partial charge in [-0.3, -0.25) is 29.8 Å². The summed E-state index contributed by atoms with van der Waals surface area (Å²) < 4.78 is 9.62. The van der Waals surface area contributed by atoms with Crippen molar-refractivity contribution in [2.45, 2.75) is 32.1 Å². The molecule has 0 aliphatic carbocycles. The van der Waals surface area contributed by atoms with E-state index in [1.807, 2.05) is 0 Å². The number of furan rings is 2. The molecule has 0 spiro atoms. The summed E-state index contributed by atoms with van der Waals surface area (Å²) >= 11 is 0. The Bertz CT molecular complexity index is 802. The van der Waals surface area contributed by atoms with Gasteiger partial charge in [-0.05, 0) is 25.0 Å². The number of carbonyl (C=O) groups excluding carboxylic acids is 2. The number of nitrogens with one attached hydrogen (secondary N) is 2. The van der Waals surface area contributed by atoms with Crippen molar-refractivity contribution in [2.75, 3.05) is 13.1 Å². The molecule has 2 amide bonds. The lowest BCUT2D eigenvalue weighted by Crippen LogP contribution is -2.24. The summed E-state index contributed by atoms with van der Waals surface area (Å²) in [5, 5.41) is 26.3. The van der Waals surface area contributed by atoms with Crippen molar-refractivity contribution in [1.29, 1.82) is 0 Å². The van der Waals surface area contributed by atoms with Crippen LogP contribution in [-0.4, -0.2) is 34.8 Å². The molecule has 2 heterocycles. The van der Waals surface area contributed by atoms with Gasteiger partial charge in [-0.1, -0.05) is 19.3 Å². The first-order chi connectivity index (χ1) is 13.9. The average molecular weight is 408 g/mol. The molecular weight excluding hydrogens is 388 g/mol. The van der Waals surface area contributed by atoms with Crippen LogP contribution in [0.3, 0.4) is 0 Å². The number of nitrogens with zero attached hydrogens (tertiary/aromatic N) is 2. The molecular formula is C17H20N4O8. The molecule has 0 aliphatic heterocycles. The molecule has 0 radical (unpaired) electrons. The number of unbranched alkanes of at least 4 members (excludes halogenated alkanes) is 4. The zero-order chi connectivity index (χ0) is 21.2. The van der Waals surface area contributed by atoms with E-state index in [9.17, 15) is 29.8 Å². The minimum Gasteiger partial charge on any atom is -0.395 e. The highest BCUT2D eigenvalue weighted by atomic mass is 16.7. The van der Waals surface area contributed by atoms with Gasteiger partial charge < -0.3 is 19.5 Å². The van der Waals surface area contributed by atoms with Crippen LogP contribution < -0.4 is 10.6 Å². The fourth-order valence-corrected chi connectivity index (χ4v) is 2.45. The predicted octanol–water partition coefficient (Wildman–Crippen LogP) is 2.80. The fourth-order valence-electron chi connectivity index (χ4n) is 2.45. The van der Waals surface area contributed by atoms with E-state index >= 15 is 0 Å². The molecule has 0 unspecified atom stereocenters. The Hall–Kier alpha value is -3.70. The topological polar surface area (TPSA) is 171 Å². The van der Waals surface area contributed by atoms with Crippen molar-refractivity contribution in [3.63, 3.8) is 0 Å². The highest BCUT2D eigenvalue weighted by Crippen LogP contribution is 2.16. The molecule has 29 heavy (non-hydrogen) atoms. The van der Waals surface area contributed by atoms with Crippen LogP contribution in [-0.2, 0) is 0 Å². The molecule has 0 aromatic carbocycles. The maximum Gasteiger partial charge on any atom is 0.433 e. The minimum atomic E-state index is -0.711. The van der Waals surface area contributed by atoms with E-state index in [0.717, 1.165) is 44.2 Å². The number of amides is 2. The quantitative estimate of drug-likeness (QED) is 0.306. The summed E-state index contributed by atoms with van der Waals surface area (Å²) in [4.78, 5) is 43.1. The number of hydrogen-bond acceptors (Lipinski definition) is 8. The average Bonchev–Trinajstić information content (AvgIpc) is 3.36. The standard InChI is InChI=1S/C17H20N4O8/c22-16(12-6-8-14(28-12)20(24)25)18-10-4-2-1-3-5-11-19-17(23)13-7-9-15(29-13)21(26)27/h6-9H,1-5,10-11H2,(H,18,22)(H,19,23). The molecule has 0 aliphatic rings. The summed E-state index contributed by atoms with van der Waals surface area (Å²) in [5.41, 5.74) is 0. The van der Waals surface area contributed by atoms with Gasteiger partial charge in [-0.15, -0.1) is 0 Å². The van der Waals surface area contributed by atoms with Crippen LogP contribution in [0.5, 0.6) is 0 Å². The van der Waals surface area contributed by atoms with Gasteiger partial charge in [0.1, 0.15) is 9.85 Å². The Labute approximate surface area is 164 Å². The molecule has 0 bridgehead atoms. The number of nitro groups is 2. The lowest BCUT2D eigenvalue weighted by Gasteiger charge is -2.04. The zero-order valence-corrected chi connectivity index (χ0v) is 15.4. The second-order valence-corrected chi connectivity index (χ2v) is 6.07. The Morgan fingerprint density at radius 1 is 0.724 bits per heavy atom. The second-order valence-electron chi connectivity index (χ2n) is 6.07. The highest BCUT2D eigenvalue weighted by molar-refractivity contribution is 5.92. The van der Waals surface area contributed by atoms with Crippen molar-refractivity contribution in [2.24, 2.45) is 0 Å². The highest BCUT2D eigenvalue weighted by Gasteiger charge is 2.17. The van der Waals surface area contributed by atoms with E-state index in [1.165, 1.54) is 12.1 Å². The van der Waals surface area contributed by atoms with Crippen LogP contribution in [0.1, 0.15) is 53.2 Å². The van der Waals surface area contributed by atoms with Crippen LogP contribution in [0.15, 0.2) is 33.1 Å². The minimum absolute atomic E-state index is 0.102. The first-order valence-electron chi connectivity index (χ1n) is 8.93. The van der Waals surface area contributed by atoms with E-state index in [4.69, 9.17) is 8.83 Å². The summed E-state index contributed by atoms with van der Waals surface area (Å²) in [6, 6.07) is 4.76. The normalized spacial score (nSPS) is 10.5. The summed E-state index contributed by atoms with van der Waals surface area (Å²) in [6.45, 7) is 0.836. The largest absolute Gasteiger partial charge is 0.433 e. The molecule has 0 saturated carbocycles. The number of hydrogen-bond donors (Lipinski definition) is 2. The van der Waals surface area contributed by atoms with Gasteiger partial charge in [-0.2, -0.15) is 0 Å². The Kier molecular flexibility index (Phi) is 7.88. The Morgan fingerprint density at radius 2 is 1.10 bits per heavy atom. The smallest absolute Gasteiger partial charge is 0.395 e. The fraction of sp³-hybridized carbons (Fsp3) is 0.412. The first kappa shape index (κ1) is 21.6. The van der Waals surface area contributed by atoms with Crippen molar-refractivity contribution in [1.82, 2.24) is 10.6 Å². The maximum atomic E-state index is 11.8. The van der Waals surface area contributed by atoms with Crippen molar-refractivity contribution in [3.05, 3.63) is 56.0 Å². The monoisotopic (exact) mass is 408 g/mol. The molecule has 2 aromatic rings. The predicted molar refractivity (Wildman–Crippen MR) is 98.5 cm³/mol. The molecule has 2 aromatic heterocycles. The zero-order valence-electron chi connectivity index (χ0n) is 15.4. The third-order valence-electron chi connectivity index (χ3n) is 3.92. The van der Waals surface area contributed by atoms with Crippen LogP contribution in [0.2, 0.25) is 0 Å². The summed E-state index contributed by atoms with van der Waals surface area (Å²) in [6.07, 6.45) is 4.08. The van der Waals surface area contributed by atoms with E-state index in [0.29, 0.717) is 13.1 Å². The van der Waals surface area contributed by atoms with Gasteiger partial charge in [0.25, 0.3) is 11.8 Å². The van der Waals surface area contributed by atoms with Gasteiger partial charge in [0.15, 0.2) is 11.5 Å². The van der Waals surface area contributed by atoms with Gasteiger partial charge in [0.2, 0.25) is 0 Å². The SMILES string of the molecule is O=C(NCCCCCCCNC(=O)c1ccc([N+](=O)[O-])o1)c1ccc([N+](=O)[O-])o1. The maximum absolute atomic E-state index is 11.8. The van der Waals surface area contributed by atoms with Crippen LogP contribution >= 0.6 is 0 Å².